The Bertz CT molecular complexity index is 883. The number of hydrogen-bond donors (Lipinski definition) is 1. The lowest BCUT2D eigenvalue weighted by Crippen LogP contribution is -2.19. The van der Waals surface area contributed by atoms with Crippen LogP contribution >= 0.6 is 15.9 Å². The first-order chi connectivity index (χ1) is 11.0. The Kier molecular flexibility index (Phi) is 4.16. The first-order valence-electron chi connectivity index (χ1n) is 6.77. The zero-order valence-electron chi connectivity index (χ0n) is 11.9. The van der Waals surface area contributed by atoms with Crippen LogP contribution in [-0.2, 0) is 4.79 Å². The maximum atomic E-state index is 12.6. The average Bonchev–Trinajstić information content (AvgIpc) is 2.96. The van der Waals surface area contributed by atoms with Crippen LogP contribution in [0.4, 0.5) is 0 Å². The highest BCUT2D eigenvalue weighted by Gasteiger charge is 2.16. The Morgan fingerprint density at radius 1 is 1.13 bits per heavy atom. The van der Waals surface area contributed by atoms with Gasteiger partial charge in [0.1, 0.15) is 17.6 Å². The number of primary amides is 1. The predicted molar refractivity (Wildman–Crippen MR) is 88.5 cm³/mol. The standard InChI is InChI=1S/C17H12BrNO4/c18-11-3-1-10(2-4-11)17(21)14-8-23-15-6-5-12(7-13(14)15)22-9-16(19)20/h1-8H,9H2,(H2,19,20). The second-order valence-corrected chi connectivity index (χ2v) is 5.81. The van der Waals surface area contributed by atoms with Crippen molar-refractivity contribution in [1.82, 2.24) is 0 Å². The fourth-order valence-corrected chi connectivity index (χ4v) is 2.45. The van der Waals surface area contributed by atoms with Crippen LogP contribution in [0.25, 0.3) is 11.0 Å². The van der Waals surface area contributed by atoms with Crippen LogP contribution in [0, 0.1) is 0 Å². The van der Waals surface area contributed by atoms with Gasteiger partial charge in [0.15, 0.2) is 12.4 Å². The number of hydrogen-bond acceptors (Lipinski definition) is 4. The summed E-state index contributed by atoms with van der Waals surface area (Å²) in [5, 5.41) is 0.625. The minimum Gasteiger partial charge on any atom is -0.484 e. The van der Waals surface area contributed by atoms with E-state index in [-0.39, 0.29) is 12.4 Å². The van der Waals surface area contributed by atoms with Crippen molar-refractivity contribution in [2.75, 3.05) is 6.61 Å². The van der Waals surface area contributed by atoms with E-state index in [1.165, 1.54) is 6.26 Å². The zero-order valence-corrected chi connectivity index (χ0v) is 13.5. The Morgan fingerprint density at radius 2 is 1.87 bits per heavy atom. The van der Waals surface area contributed by atoms with E-state index in [2.05, 4.69) is 15.9 Å². The summed E-state index contributed by atoms with van der Waals surface area (Å²) in [6, 6.07) is 12.1. The third-order valence-corrected chi connectivity index (χ3v) is 3.81. The molecule has 1 amide bonds. The quantitative estimate of drug-likeness (QED) is 0.695. The maximum absolute atomic E-state index is 12.6. The Morgan fingerprint density at radius 3 is 2.57 bits per heavy atom. The average molecular weight is 374 g/mol. The van der Waals surface area contributed by atoms with Gasteiger partial charge >= 0.3 is 0 Å². The lowest BCUT2D eigenvalue weighted by molar-refractivity contribution is -0.119. The summed E-state index contributed by atoms with van der Waals surface area (Å²) in [7, 11) is 0. The third-order valence-electron chi connectivity index (χ3n) is 3.28. The van der Waals surface area contributed by atoms with Crippen molar-refractivity contribution in [2.45, 2.75) is 0 Å². The van der Waals surface area contributed by atoms with E-state index in [4.69, 9.17) is 14.9 Å². The molecule has 0 bridgehead atoms. The number of carbonyl (C=O) groups excluding carboxylic acids is 2. The molecule has 3 aromatic rings. The van der Waals surface area contributed by atoms with Gasteiger partial charge in [-0.25, -0.2) is 0 Å². The molecule has 23 heavy (non-hydrogen) atoms. The lowest BCUT2D eigenvalue weighted by atomic mass is 10.0. The molecule has 5 nitrogen and oxygen atoms in total. The van der Waals surface area contributed by atoms with Crippen LogP contribution in [0.3, 0.4) is 0 Å². The molecule has 0 aliphatic rings. The molecule has 3 rings (SSSR count). The minimum absolute atomic E-state index is 0.150. The third kappa shape index (κ3) is 3.27. The van der Waals surface area contributed by atoms with Crippen LogP contribution in [-0.4, -0.2) is 18.3 Å². The van der Waals surface area contributed by atoms with Gasteiger partial charge in [-0.05, 0) is 42.5 Å². The van der Waals surface area contributed by atoms with E-state index in [9.17, 15) is 9.59 Å². The van der Waals surface area contributed by atoms with Crippen LogP contribution in [0.2, 0.25) is 0 Å². The number of ether oxygens (including phenoxy) is 1. The largest absolute Gasteiger partial charge is 0.484 e. The highest BCUT2D eigenvalue weighted by atomic mass is 79.9. The number of ketones is 1. The second kappa shape index (κ2) is 6.26. The van der Waals surface area contributed by atoms with E-state index in [1.54, 1.807) is 42.5 Å². The van der Waals surface area contributed by atoms with Gasteiger partial charge in [0.05, 0.1) is 5.56 Å². The summed E-state index contributed by atoms with van der Waals surface area (Å²) >= 11 is 3.34. The lowest BCUT2D eigenvalue weighted by Gasteiger charge is -2.04. The van der Waals surface area contributed by atoms with Crippen molar-refractivity contribution in [3.05, 3.63) is 64.3 Å². The van der Waals surface area contributed by atoms with Crippen molar-refractivity contribution < 1.29 is 18.7 Å². The van der Waals surface area contributed by atoms with Crippen molar-refractivity contribution >= 4 is 38.6 Å². The number of nitrogens with two attached hydrogens (primary N) is 1. The normalized spacial score (nSPS) is 10.7. The smallest absolute Gasteiger partial charge is 0.255 e. The highest BCUT2D eigenvalue weighted by molar-refractivity contribution is 9.10. The van der Waals surface area contributed by atoms with Crippen molar-refractivity contribution in [3.8, 4) is 5.75 Å². The number of amides is 1. The molecule has 1 heterocycles. The summed E-state index contributed by atoms with van der Waals surface area (Å²) in [4.78, 5) is 23.4. The zero-order chi connectivity index (χ0) is 16.4. The number of halogens is 1. The van der Waals surface area contributed by atoms with E-state index in [1.807, 2.05) is 0 Å². The van der Waals surface area contributed by atoms with Crippen LogP contribution < -0.4 is 10.5 Å². The summed E-state index contributed by atoms with van der Waals surface area (Å²) in [5.41, 5.74) is 6.62. The molecule has 0 saturated heterocycles. The Balaban J connectivity index is 1.96. The molecule has 6 heteroatoms. The van der Waals surface area contributed by atoms with E-state index in [0.29, 0.717) is 27.8 Å². The highest BCUT2D eigenvalue weighted by Crippen LogP contribution is 2.28. The molecule has 0 fully saturated rings. The number of carbonyl (C=O) groups is 2. The van der Waals surface area contributed by atoms with Gasteiger partial charge in [-0.1, -0.05) is 15.9 Å². The molecule has 0 radical (unpaired) electrons. The van der Waals surface area contributed by atoms with E-state index >= 15 is 0 Å². The molecule has 0 aliphatic carbocycles. The first-order valence-corrected chi connectivity index (χ1v) is 7.56. The molecule has 0 atom stereocenters. The first kappa shape index (κ1) is 15.3. The van der Waals surface area contributed by atoms with Gasteiger partial charge in [0.2, 0.25) is 0 Å². The van der Waals surface area contributed by atoms with Crippen LogP contribution in [0.15, 0.2) is 57.6 Å². The number of rotatable bonds is 5. The summed E-state index contributed by atoms with van der Waals surface area (Å²) in [6.45, 7) is -0.223. The molecular formula is C17H12BrNO4. The number of fused-ring (bicyclic) bond motifs is 1. The Hall–Kier alpha value is -2.60. The molecule has 1 aromatic heterocycles. The Labute approximate surface area is 140 Å². The molecular weight excluding hydrogens is 362 g/mol. The van der Waals surface area contributed by atoms with Gasteiger partial charge in [-0.2, -0.15) is 0 Å². The molecule has 2 N–H and O–H groups in total. The van der Waals surface area contributed by atoms with Crippen LogP contribution in [0.5, 0.6) is 5.75 Å². The number of furan rings is 1. The summed E-state index contributed by atoms with van der Waals surface area (Å²) in [5.74, 6) is -0.269. The second-order valence-electron chi connectivity index (χ2n) is 4.90. The molecule has 0 unspecified atom stereocenters. The van der Waals surface area contributed by atoms with Gasteiger partial charge < -0.3 is 14.9 Å². The van der Waals surface area contributed by atoms with Crippen LogP contribution in [0.1, 0.15) is 15.9 Å². The van der Waals surface area contributed by atoms with Gasteiger partial charge in [-0.3, -0.25) is 9.59 Å². The maximum Gasteiger partial charge on any atom is 0.255 e. The van der Waals surface area contributed by atoms with Gasteiger partial charge in [0, 0.05) is 15.4 Å². The molecule has 0 spiro atoms. The molecule has 0 saturated carbocycles. The fourth-order valence-electron chi connectivity index (χ4n) is 2.19. The molecule has 2 aromatic carbocycles. The topological polar surface area (TPSA) is 82.5 Å². The van der Waals surface area contributed by atoms with Crippen molar-refractivity contribution in [2.24, 2.45) is 5.73 Å². The minimum atomic E-state index is -0.566. The monoisotopic (exact) mass is 373 g/mol. The molecule has 0 aliphatic heterocycles. The fraction of sp³-hybridized carbons (Fsp3) is 0.0588. The summed E-state index contributed by atoms with van der Waals surface area (Å²) < 4.78 is 11.6. The van der Waals surface area contributed by atoms with Gasteiger partial charge in [-0.15, -0.1) is 0 Å². The molecule has 116 valence electrons. The van der Waals surface area contributed by atoms with Crippen molar-refractivity contribution in [1.29, 1.82) is 0 Å². The predicted octanol–water partition coefficient (Wildman–Crippen LogP) is 3.29. The van der Waals surface area contributed by atoms with Gasteiger partial charge in [0.25, 0.3) is 5.91 Å². The van der Waals surface area contributed by atoms with E-state index in [0.717, 1.165) is 4.47 Å². The SMILES string of the molecule is NC(=O)COc1ccc2occ(C(=O)c3ccc(Br)cc3)c2c1. The van der Waals surface area contributed by atoms with Crippen molar-refractivity contribution in [3.63, 3.8) is 0 Å². The number of benzene rings is 2. The summed E-state index contributed by atoms with van der Waals surface area (Å²) in [6.07, 6.45) is 1.42. The van der Waals surface area contributed by atoms with E-state index < -0.39 is 5.91 Å².